The fraction of sp³-hybridized carbons (Fsp3) is 0.542. The Labute approximate surface area is 193 Å². The highest BCUT2D eigenvalue weighted by molar-refractivity contribution is 5.94. The number of Topliss-reactive ketones (excluding diaryl/α,β-unsaturated/α-hetero) is 4. The highest BCUT2D eigenvalue weighted by Crippen LogP contribution is 2.34. The van der Waals surface area contributed by atoms with E-state index >= 15 is 0 Å². The molecular weight excluding hydrogens is 432 g/mol. The van der Waals surface area contributed by atoms with Crippen molar-refractivity contribution in [3.05, 3.63) is 24.3 Å². The Morgan fingerprint density at radius 2 is 1.15 bits per heavy atom. The van der Waals surface area contributed by atoms with Crippen LogP contribution >= 0.6 is 0 Å². The number of esters is 2. The predicted molar refractivity (Wildman–Crippen MR) is 118 cm³/mol. The van der Waals surface area contributed by atoms with Crippen LogP contribution in [0.1, 0.15) is 41.0 Å². The van der Waals surface area contributed by atoms with E-state index in [-0.39, 0.29) is 12.2 Å². The molecule has 0 bridgehead atoms. The van der Waals surface area contributed by atoms with Crippen LogP contribution in [0, 0.1) is 29.6 Å². The maximum absolute atomic E-state index is 12.7. The molecule has 0 saturated carbocycles. The van der Waals surface area contributed by atoms with Crippen LogP contribution in [0.3, 0.4) is 0 Å². The van der Waals surface area contributed by atoms with Crippen LogP contribution in [-0.4, -0.2) is 55.1 Å². The van der Waals surface area contributed by atoms with Gasteiger partial charge in [0.1, 0.15) is 23.1 Å². The Morgan fingerprint density at radius 1 is 0.636 bits per heavy atom. The molecule has 9 nitrogen and oxygen atoms in total. The molecule has 0 aliphatic carbocycles. The molecule has 182 valence electrons. The zero-order valence-electron chi connectivity index (χ0n) is 20.1. The van der Waals surface area contributed by atoms with Gasteiger partial charge in [-0.2, -0.15) is 0 Å². The summed E-state index contributed by atoms with van der Waals surface area (Å²) >= 11 is 0. The minimum atomic E-state index is -1.27. The first-order valence-corrected chi connectivity index (χ1v) is 10.3. The van der Waals surface area contributed by atoms with Gasteiger partial charge >= 0.3 is 11.9 Å². The lowest BCUT2D eigenvalue weighted by molar-refractivity contribution is -0.153. The van der Waals surface area contributed by atoms with Gasteiger partial charge in [0.15, 0.2) is 5.78 Å². The SMILES string of the molecule is COC(=O)C=CC(C(C)=O)C(C(C)=O)C(CC(C(C)=O)C(C=CC(C)=O)C(C)=O)C(=O)OC. The summed E-state index contributed by atoms with van der Waals surface area (Å²) in [6, 6.07) is 0. The highest BCUT2D eigenvalue weighted by Gasteiger charge is 2.42. The molecule has 0 fully saturated rings. The third kappa shape index (κ3) is 9.43. The first-order valence-electron chi connectivity index (χ1n) is 10.3. The second-order valence-corrected chi connectivity index (χ2v) is 7.84. The first-order chi connectivity index (χ1) is 15.3. The summed E-state index contributed by atoms with van der Waals surface area (Å²) in [5.41, 5.74) is 0. The maximum atomic E-state index is 12.7. The average molecular weight is 465 g/mol. The number of hydrogen-bond acceptors (Lipinski definition) is 9. The van der Waals surface area contributed by atoms with E-state index < -0.39 is 64.7 Å². The van der Waals surface area contributed by atoms with Gasteiger partial charge in [-0.15, -0.1) is 0 Å². The lowest BCUT2D eigenvalue weighted by Crippen LogP contribution is -2.40. The average Bonchev–Trinajstić information content (AvgIpc) is 2.71. The molecule has 0 amide bonds. The largest absolute Gasteiger partial charge is 0.469 e. The number of ether oxygens (including phenoxy) is 2. The third-order valence-corrected chi connectivity index (χ3v) is 5.38. The Balaban J connectivity index is 6.57. The summed E-state index contributed by atoms with van der Waals surface area (Å²) < 4.78 is 9.37. The van der Waals surface area contributed by atoms with Crippen LogP contribution in [0.25, 0.3) is 0 Å². The molecule has 9 heteroatoms. The fourth-order valence-corrected chi connectivity index (χ4v) is 3.72. The second kappa shape index (κ2) is 14.0. The van der Waals surface area contributed by atoms with Gasteiger partial charge in [-0.1, -0.05) is 12.2 Å². The molecule has 0 aliphatic rings. The molecule has 0 saturated heterocycles. The van der Waals surface area contributed by atoms with E-state index in [1.807, 2.05) is 0 Å². The molecular formula is C24H32O9. The van der Waals surface area contributed by atoms with E-state index in [1.54, 1.807) is 0 Å². The van der Waals surface area contributed by atoms with Crippen LogP contribution in [0.15, 0.2) is 24.3 Å². The number of hydrogen-bond donors (Lipinski definition) is 0. The zero-order valence-corrected chi connectivity index (χ0v) is 20.1. The Bertz CT molecular complexity index is 850. The molecule has 0 spiro atoms. The molecule has 0 radical (unpaired) electrons. The molecule has 5 atom stereocenters. The summed E-state index contributed by atoms with van der Waals surface area (Å²) in [5.74, 6) is -9.62. The van der Waals surface area contributed by atoms with Crippen molar-refractivity contribution in [3.63, 3.8) is 0 Å². The summed E-state index contributed by atoms with van der Waals surface area (Å²) in [6.07, 6.45) is 4.33. The minimum absolute atomic E-state index is 0.283. The van der Waals surface area contributed by atoms with Crippen LogP contribution in [-0.2, 0) is 43.0 Å². The fourth-order valence-electron chi connectivity index (χ4n) is 3.72. The van der Waals surface area contributed by atoms with E-state index in [0.717, 1.165) is 26.4 Å². The Kier molecular flexibility index (Phi) is 12.7. The van der Waals surface area contributed by atoms with E-state index in [0.29, 0.717) is 0 Å². The van der Waals surface area contributed by atoms with Crippen molar-refractivity contribution >= 4 is 40.9 Å². The van der Waals surface area contributed by atoms with Crippen molar-refractivity contribution in [1.82, 2.24) is 0 Å². The summed E-state index contributed by atoms with van der Waals surface area (Å²) in [7, 11) is 2.24. The standard InChI is InChI=1S/C24H32O9/c1-13(25)8-9-18(14(2)26)20(16(4)28)12-21(24(31)33-7)23(17(5)29)19(15(3)27)10-11-22(30)32-6/h8-11,18-21,23H,12H2,1-7H3. The minimum Gasteiger partial charge on any atom is -0.469 e. The zero-order chi connectivity index (χ0) is 25.9. The molecule has 0 aliphatic heterocycles. The van der Waals surface area contributed by atoms with Gasteiger partial charge in [0, 0.05) is 29.7 Å². The van der Waals surface area contributed by atoms with Gasteiger partial charge in [-0.3, -0.25) is 28.8 Å². The van der Waals surface area contributed by atoms with Crippen molar-refractivity contribution < 1.29 is 43.0 Å². The van der Waals surface area contributed by atoms with Crippen LogP contribution in [0.2, 0.25) is 0 Å². The number of ketones is 5. The van der Waals surface area contributed by atoms with Gasteiger partial charge < -0.3 is 9.47 Å². The summed E-state index contributed by atoms with van der Waals surface area (Å²) in [5, 5.41) is 0. The van der Waals surface area contributed by atoms with E-state index in [2.05, 4.69) is 4.74 Å². The monoisotopic (exact) mass is 464 g/mol. The summed E-state index contributed by atoms with van der Waals surface area (Å²) in [6.45, 7) is 6.15. The Hall–Kier alpha value is -3.23. The van der Waals surface area contributed by atoms with Gasteiger partial charge in [0.05, 0.1) is 20.1 Å². The van der Waals surface area contributed by atoms with E-state index in [4.69, 9.17) is 4.74 Å². The van der Waals surface area contributed by atoms with Crippen LogP contribution in [0.5, 0.6) is 0 Å². The molecule has 0 heterocycles. The molecule has 0 rings (SSSR count). The number of carbonyl (C=O) groups excluding carboxylic acids is 7. The lowest BCUT2D eigenvalue weighted by atomic mass is 9.70. The van der Waals surface area contributed by atoms with Gasteiger partial charge in [0.2, 0.25) is 0 Å². The van der Waals surface area contributed by atoms with Crippen molar-refractivity contribution in [2.24, 2.45) is 29.6 Å². The van der Waals surface area contributed by atoms with Crippen molar-refractivity contribution in [1.29, 1.82) is 0 Å². The smallest absolute Gasteiger partial charge is 0.330 e. The lowest BCUT2D eigenvalue weighted by Gasteiger charge is -2.31. The molecule has 0 aromatic carbocycles. The summed E-state index contributed by atoms with van der Waals surface area (Å²) in [4.78, 5) is 85.4. The number of rotatable bonds is 14. The van der Waals surface area contributed by atoms with Gasteiger partial charge in [-0.25, -0.2) is 4.79 Å². The van der Waals surface area contributed by atoms with Gasteiger partial charge in [0.25, 0.3) is 0 Å². The van der Waals surface area contributed by atoms with Crippen molar-refractivity contribution in [2.75, 3.05) is 14.2 Å². The van der Waals surface area contributed by atoms with Gasteiger partial charge in [-0.05, 0) is 47.1 Å². The maximum Gasteiger partial charge on any atom is 0.330 e. The predicted octanol–water partition coefficient (Wildman–Crippen LogP) is 1.86. The number of methoxy groups -OCH3 is 2. The number of carbonyl (C=O) groups is 7. The second-order valence-electron chi connectivity index (χ2n) is 7.84. The molecule has 0 aromatic rings. The highest BCUT2D eigenvalue weighted by atomic mass is 16.5. The molecule has 0 aromatic heterocycles. The van der Waals surface area contributed by atoms with E-state index in [9.17, 15) is 33.6 Å². The third-order valence-electron chi connectivity index (χ3n) is 5.38. The molecule has 5 unspecified atom stereocenters. The molecule has 0 N–H and O–H groups in total. The van der Waals surface area contributed by atoms with E-state index in [1.165, 1.54) is 46.8 Å². The quantitative estimate of drug-likeness (QED) is 0.278. The van der Waals surface area contributed by atoms with Crippen molar-refractivity contribution in [2.45, 2.75) is 41.0 Å². The van der Waals surface area contributed by atoms with Crippen molar-refractivity contribution in [3.8, 4) is 0 Å². The normalized spacial score (nSPS) is 15.8. The molecule has 33 heavy (non-hydrogen) atoms. The number of allylic oxidation sites excluding steroid dienone is 3. The Morgan fingerprint density at radius 3 is 1.52 bits per heavy atom. The topological polar surface area (TPSA) is 138 Å². The first kappa shape index (κ1) is 29.8. The van der Waals surface area contributed by atoms with Crippen LogP contribution in [0.4, 0.5) is 0 Å². The van der Waals surface area contributed by atoms with Crippen LogP contribution < -0.4 is 0 Å².